The van der Waals surface area contributed by atoms with Crippen LogP contribution < -0.4 is 5.56 Å². The molecule has 0 N–H and O–H groups in total. The largest absolute Gasteiger partial charge is 0.337 e. The van der Waals surface area contributed by atoms with Gasteiger partial charge in [-0.3, -0.25) is 9.59 Å². The molecular formula is C16H16ClN3O2S. The third-order valence-electron chi connectivity index (χ3n) is 4.48. The Hall–Kier alpha value is -1.66. The summed E-state index contributed by atoms with van der Waals surface area (Å²) in [6.45, 7) is 1.92. The average Bonchev–Trinajstić information content (AvgIpc) is 3.10. The van der Waals surface area contributed by atoms with Crippen LogP contribution in [-0.4, -0.2) is 33.7 Å². The minimum Gasteiger partial charge on any atom is -0.337 e. The lowest BCUT2D eigenvalue weighted by Gasteiger charge is -2.39. The predicted molar refractivity (Wildman–Crippen MR) is 89.2 cm³/mol. The Balaban J connectivity index is 1.40. The Labute approximate surface area is 142 Å². The molecule has 0 spiro atoms. The number of amides is 1. The Bertz CT molecular complexity index is 823. The standard InChI is InChI=1S/C16H16ClN3O2S/c17-14-5-4-13(23-14)16(22)19-7-10(8-19)9-20-15(21)6-11-2-1-3-12(11)18-20/h4-6,10H,1-3,7-9H2. The van der Waals surface area contributed by atoms with Crippen molar-refractivity contribution in [3.05, 3.63) is 49.0 Å². The van der Waals surface area contributed by atoms with Gasteiger partial charge >= 0.3 is 0 Å². The summed E-state index contributed by atoms with van der Waals surface area (Å²) in [5.41, 5.74) is 2.14. The van der Waals surface area contributed by atoms with Crippen molar-refractivity contribution in [2.75, 3.05) is 13.1 Å². The molecule has 2 aromatic rings. The van der Waals surface area contributed by atoms with Crippen LogP contribution in [0, 0.1) is 5.92 Å². The molecule has 23 heavy (non-hydrogen) atoms. The highest BCUT2D eigenvalue weighted by Gasteiger charge is 2.32. The highest BCUT2D eigenvalue weighted by Crippen LogP contribution is 2.26. The third-order valence-corrected chi connectivity index (χ3v) is 5.70. The number of hydrogen-bond acceptors (Lipinski definition) is 4. The van der Waals surface area contributed by atoms with Gasteiger partial charge < -0.3 is 4.90 Å². The summed E-state index contributed by atoms with van der Waals surface area (Å²) < 4.78 is 2.19. The lowest BCUT2D eigenvalue weighted by molar-refractivity contribution is 0.0463. The number of carbonyl (C=O) groups is 1. The molecule has 3 heterocycles. The number of halogens is 1. The van der Waals surface area contributed by atoms with Crippen LogP contribution in [0.3, 0.4) is 0 Å². The van der Waals surface area contributed by atoms with E-state index in [0.29, 0.717) is 34.8 Å². The number of aromatic nitrogens is 2. The first kappa shape index (κ1) is 14.9. The van der Waals surface area contributed by atoms with Crippen LogP contribution in [0.1, 0.15) is 27.3 Å². The van der Waals surface area contributed by atoms with Gasteiger partial charge in [0, 0.05) is 25.1 Å². The van der Waals surface area contributed by atoms with Gasteiger partial charge in [0.1, 0.15) is 0 Å². The quantitative estimate of drug-likeness (QED) is 0.853. The number of hydrogen-bond donors (Lipinski definition) is 0. The molecule has 4 rings (SSSR count). The lowest BCUT2D eigenvalue weighted by atomic mass is 10.00. The second-order valence-electron chi connectivity index (χ2n) is 6.17. The van der Waals surface area contributed by atoms with Crippen molar-refractivity contribution in [1.82, 2.24) is 14.7 Å². The first-order valence-electron chi connectivity index (χ1n) is 7.74. The highest BCUT2D eigenvalue weighted by molar-refractivity contribution is 7.17. The topological polar surface area (TPSA) is 55.2 Å². The summed E-state index contributed by atoms with van der Waals surface area (Å²) in [5.74, 6) is 0.312. The summed E-state index contributed by atoms with van der Waals surface area (Å²) in [6, 6.07) is 5.23. The minimum absolute atomic E-state index is 0.0207. The average molecular weight is 350 g/mol. The van der Waals surface area contributed by atoms with Crippen molar-refractivity contribution < 1.29 is 4.79 Å². The highest BCUT2D eigenvalue weighted by atomic mass is 35.5. The minimum atomic E-state index is -0.0273. The molecule has 2 aliphatic rings. The normalized spacial score (nSPS) is 17.2. The van der Waals surface area contributed by atoms with Crippen LogP contribution in [0.15, 0.2) is 23.0 Å². The SMILES string of the molecule is O=C(c1ccc(Cl)s1)N1CC(Cn2nc3c(cc2=O)CCC3)C1. The van der Waals surface area contributed by atoms with Crippen LogP contribution in [0.5, 0.6) is 0 Å². The molecule has 0 bridgehead atoms. The van der Waals surface area contributed by atoms with Gasteiger partial charge in [0.2, 0.25) is 0 Å². The zero-order valence-corrected chi connectivity index (χ0v) is 14.1. The maximum atomic E-state index is 12.3. The van der Waals surface area contributed by atoms with E-state index < -0.39 is 0 Å². The molecule has 1 saturated heterocycles. The van der Waals surface area contributed by atoms with E-state index in [9.17, 15) is 9.59 Å². The Morgan fingerprint density at radius 3 is 2.91 bits per heavy atom. The zero-order chi connectivity index (χ0) is 16.0. The Kier molecular flexibility index (Phi) is 3.73. The van der Waals surface area contributed by atoms with E-state index in [1.807, 2.05) is 0 Å². The number of likely N-dealkylation sites (tertiary alicyclic amines) is 1. The van der Waals surface area contributed by atoms with Crippen molar-refractivity contribution in [1.29, 1.82) is 0 Å². The molecule has 0 radical (unpaired) electrons. The van der Waals surface area contributed by atoms with Gasteiger partial charge in [-0.2, -0.15) is 5.10 Å². The molecular weight excluding hydrogens is 334 g/mol. The van der Waals surface area contributed by atoms with E-state index in [-0.39, 0.29) is 11.5 Å². The molecule has 0 aromatic carbocycles. The number of fused-ring (bicyclic) bond motifs is 1. The van der Waals surface area contributed by atoms with Crippen LogP contribution in [0.2, 0.25) is 4.34 Å². The van der Waals surface area contributed by atoms with Gasteiger partial charge in [0.25, 0.3) is 11.5 Å². The van der Waals surface area contributed by atoms with Gasteiger partial charge in [-0.25, -0.2) is 4.68 Å². The molecule has 1 aliphatic carbocycles. The fraction of sp³-hybridized carbons (Fsp3) is 0.438. The van der Waals surface area contributed by atoms with Crippen molar-refractivity contribution in [3.63, 3.8) is 0 Å². The summed E-state index contributed by atoms with van der Waals surface area (Å²) in [4.78, 5) is 26.8. The van der Waals surface area contributed by atoms with Crippen LogP contribution in [-0.2, 0) is 19.4 Å². The van der Waals surface area contributed by atoms with E-state index in [2.05, 4.69) is 5.10 Å². The third kappa shape index (κ3) is 2.81. The lowest BCUT2D eigenvalue weighted by Crippen LogP contribution is -2.52. The summed E-state index contributed by atoms with van der Waals surface area (Å²) >= 11 is 7.17. The van der Waals surface area contributed by atoms with E-state index in [4.69, 9.17) is 11.6 Å². The van der Waals surface area contributed by atoms with E-state index in [1.165, 1.54) is 11.3 Å². The molecule has 0 unspecified atom stereocenters. The van der Waals surface area contributed by atoms with Crippen molar-refractivity contribution in [2.24, 2.45) is 5.92 Å². The molecule has 120 valence electrons. The number of aryl methyl sites for hydroxylation is 2. The summed E-state index contributed by atoms with van der Waals surface area (Å²) in [5, 5.41) is 4.49. The van der Waals surface area contributed by atoms with Crippen LogP contribution in [0.4, 0.5) is 0 Å². The number of thiophene rings is 1. The fourth-order valence-electron chi connectivity index (χ4n) is 3.25. The van der Waals surface area contributed by atoms with Gasteiger partial charge in [-0.15, -0.1) is 11.3 Å². The number of rotatable bonds is 3. The zero-order valence-electron chi connectivity index (χ0n) is 12.5. The molecule has 2 aromatic heterocycles. The number of carbonyl (C=O) groups excluding carboxylic acids is 1. The van der Waals surface area contributed by atoms with Gasteiger partial charge in [0.05, 0.1) is 21.5 Å². The molecule has 1 amide bonds. The summed E-state index contributed by atoms with van der Waals surface area (Å²) in [6.07, 6.45) is 3.01. The molecule has 5 nitrogen and oxygen atoms in total. The summed E-state index contributed by atoms with van der Waals surface area (Å²) in [7, 11) is 0. The van der Waals surface area contributed by atoms with Crippen LogP contribution >= 0.6 is 22.9 Å². The molecule has 7 heteroatoms. The smallest absolute Gasteiger partial charge is 0.267 e. The number of nitrogens with zero attached hydrogens (tertiary/aromatic N) is 3. The molecule has 1 aliphatic heterocycles. The monoisotopic (exact) mass is 349 g/mol. The second-order valence-corrected chi connectivity index (χ2v) is 7.89. The molecule has 0 atom stereocenters. The van der Waals surface area contributed by atoms with Crippen molar-refractivity contribution in [2.45, 2.75) is 25.8 Å². The van der Waals surface area contributed by atoms with E-state index in [0.717, 1.165) is 30.5 Å². The molecule has 0 saturated carbocycles. The fourth-order valence-corrected chi connectivity index (χ4v) is 4.26. The maximum Gasteiger partial charge on any atom is 0.267 e. The van der Waals surface area contributed by atoms with Gasteiger partial charge in [-0.05, 0) is 37.0 Å². The van der Waals surface area contributed by atoms with Gasteiger partial charge in [0.15, 0.2) is 0 Å². The van der Waals surface area contributed by atoms with Crippen molar-refractivity contribution >= 4 is 28.8 Å². The first-order chi connectivity index (χ1) is 11.1. The van der Waals surface area contributed by atoms with Crippen molar-refractivity contribution in [3.8, 4) is 0 Å². The van der Waals surface area contributed by atoms with E-state index in [1.54, 1.807) is 27.8 Å². The maximum absolute atomic E-state index is 12.3. The first-order valence-corrected chi connectivity index (χ1v) is 8.94. The second kappa shape index (κ2) is 5.76. The van der Waals surface area contributed by atoms with E-state index >= 15 is 0 Å². The van der Waals surface area contributed by atoms with Gasteiger partial charge in [-0.1, -0.05) is 11.6 Å². The molecule has 1 fully saturated rings. The Morgan fingerprint density at radius 1 is 1.35 bits per heavy atom. The Morgan fingerprint density at radius 2 is 2.17 bits per heavy atom. The predicted octanol–water partition coefficient (Wildman–Crippen LogP) is 2.22. The van der Waals surface area contributed by atoms with Crippen LogP contribution in [0.25, 0.3) is 0 Å².